The second-order valence-corrected chi connectivity index (χ2v) is 7.57. The van der Waals surface area contributed by atoms with E-state index in [9.17, 15) is 13.2 Å². The van der Waals surface area contributed by atoms with Crippen LogP contribution in [0.2, 0.25) is 5.02 Å². The average molecular weight is 364 g/mol. The smallest absolute Gasteiger partial charge is 0.303 e. The zero-order chi connectivity index (χ0) is 17.3. The molecule has 124 valence electrons. The van der Waals surface area contributed by atoms with Crippen LogP contribution in [0.25, 0.3) is 10.9 Å². The number of carboxylic acid groups (broad SMARTS) is 1. The molecular formula is C17H14ClNO4S. The van der Waals surface area contributed by atoms with E-state index in [1.165, 1.54) is 22.3 Å². The molecule has 7 heteroatoms. The lowest BCUT2D eigenvalue weighted by Crippen LogP contribution is -2.11. The van der Waals surface area contributed by atoms with Crippen molar-refractivity contribution in [2.75, 3.05) is 0 Å². The highest BCUT2D eigenvalue weighted by Crippen LogP contribution is 2.29. The molecule has 3 aromatic rings. The van der Waals surface area contributed by atoms with Crippen LogP contribution in [-0.4, -0.2) is 23.5 Å². The standard InChI is InChI=1S/C17H14ClNO4S/c18-13-7-8-16-15(10-13)12(6-9-17(20)21)11-19(16)24(22,23)14-4-2-1-3-5-14/h1-5,7-8,10-11H,6,9H2,(H,20,21). The van der Waals surface area contributed by atoms with Crippen molar-refractivity contribution in [1.29, 1.82) is 0 Å². The van der Waals surface area contributed by atoms with Crippen LogP contribution in [0.5, 0.6) is 0 Å². The molecule has 1 aromatic heterocycles. The molecule has 24 heavy (non-hydrogen) atoms. The van der Waals surface area contributed by atoms with Crippen molar-refractivity contribution in [3.63, 3.8) is 0 Å². The quantitative estimate of drug-likeness (QED) is 0.752. The topological polar surface area (TPSA) is 76.4 Å². The van der Waals surface area contributed by atoms with Crippen molar-refractivity contribution in [2.45, 2.75) is 17.7 Å². The fourth-order valence-corrected chi connectivity index (χ4v) is 4.17. The van der Waals surface area contributed by atoms with Gasteiger partial charge < -0.3 is 5.11 Å². The van der Waals surface area contributed by atoms with Crippen LogP contribution in [0.4, 0.5) is 0 Å². The number of fused-ring (bicyclic) bond motifs is 1. The van der Waals surface area contributed by atoms with Gasteiger partial charge in [0, 0.05) is 23.0 Å². The van der Waals surface area contributed by atoms with Gasteiger partial charge in [-0.15, -0.1) is 0 Å². The first-order valence-corrected chi connectivity index (χ1v) is 9.03. The third kappa shape index (κ3) is 3.02. The molecule has 0 spiro atoms. The number of halogens is 1. The van der Waals surface area contributed by atoms with E-state index in [1.54, 1.807) is 36.4 Å². The summed E-state index contributed by atoms with van der Waals surface area (Å²) in [7, 11) is -3.77. The number of aryl methyl sites for hydroxylation is 1. The van der Waals surface area contributed by atoms with Crippen molar-refractivity contribution in [3.05, 3.63) is 65.3 Å². The largest absolute Gasteiger partial charge is 0.481 e. The van der Waals surface area contributed by atoms with Crippen LogP contribution >= 0.6 is 11.6 Å². The SMILES string of the molecule is O=C(O)CCc1cn(S(=O)(=O)c2ccccc2)c2ccc(Cl)cc12. The summed E-state index contributed by atoms with van der Waals surface area (Å²) >= 11 is 6.02. The molecule has 0 aliphatic heterocycles. The predicted molar refractivity (Wildman–Crippen MR) is 91.9 cm³/mol. The van der Waals surface area contributed by atoms with Gasteiger partial charge in [-0.2, -0.15) is 0 Å². The zero-order valence-electron chi connectivity index (χ0n) is 12.5. The number of carbonyl (C=O) groups is 1. The van der Waals surface area contributed by atoms with E-state index in [1.807, 2.05) is 0 Å². The van der Waals surface area contributed by atoms with Gasteiger partial charge in [-0.25, -0.2) is 12.4 Å². The first-order chi connectivity index (χ1) is 11.4. The van der Waals surface area contributed by atoms with Gasteiger partial charge in [0.1, 0.15) is 0 Å². The highest BCUT2D eigenvalue weighted by atomic mass is 35.5. The summed E-state index contributed by atoms with van der Waals surface area (Å²) in [6, 6.07) is 13.0. The van der Waals surface area contributed by atoms with Gasteiger partial charge in [0.25, 0.3) is 10.0 Å². The average Bonchev–Trinajstić information content (AvgIpc) is 2.92. The molecule has 0 saturated carbocycles. The maximum atomic E-state index is 12.9. The minimum Gasteiger partial charge on any atom is -0.481 e. The lowest BCUT2D eigenvalue weighted by atomic mass is 10.1. The molecule has 2 aromatic carbocycles. The minimum absolute atomic E-state index is 0.0863. The van der Waals surface area contributed by atoms with Crippen molar-refractivity contribution in [3.8, 4) is 0 Å². The third-order valence-corrected chi connectivity index (χ3v) is 5.65. The number of hydrogen-bond donors (Lipinski definition) is 1. The molecule has 1 N–H and O–H groups in total. The van der Waals surface area contributed by atoms with Crippen molar-refractivity contribution in [1.82, 2.24) is 3.97 Å². The summed E-state index contributed by atoms with van der Waals surface area (Å²) in [5.74, 6) is -0.941. The van der Waals surface area contributed by atoms with E-state index in [-0.39, 0.29) is 17.7 Å². The maximum absolute atomic E-state index is 12.9. The van der Waals surface area contributed by atoms with E-state index in [0.717, 1.165) is 0 Å². The van der Waals surface area contributed by atoms with Crippen molar-refractivity contribution < 1.29 is 18.3 Å². The molecule has 0 radical (unpaired) electrons. The van der Waals surface area contributed by atoms with Gasteiger partial charge in [-0.3, -0.25) is 4.79 Å². The molecule has 0 amide bonds. The van der Waals surface area contributed by atoms with Crippen LogP contribution in [-0.2, 0) is 21.2 Å². The van der Waals surface area contributed by atoms with E-state index in [0.29, 0.717) is 21.5 Å². The Morgan fingerprint density at radius 3 is 2.50 bits per heavy atom. The number of hydrogen-bond acceptors (Lipinski definition) is 3. The van der Waals surface area contributed by atoms with E-state index >= 15 is 0 Å². The van der Waals surface area contributed by atoms with Crippen LogP contribution in [0, 0.1) is 0 Å². The number of nitrogens with zero attached hydrogens (tertiary/aromatic N) is 1. The second kappa shape index (κ2) is 6.30. The first kappa shape index (κ1) is 16.5. The molecule has 0 unspecified atom stereocenters. The number of benzene rings is 2. The summed E-state index contributed by atoms with van der Waals surface area (Å²) in [6.45, 7) is 0. The minimum atomic E-state index is -3.77. The fourth-order valence-electron chi connectivity index (χ4n) is 2.58. The molecular weight excluding hydrogens is 350 g/mol. The summed E-state index contributed by atoms with van der Waals surface area (Å²) < 4.78 is 27.0. The number of rotatable bonds is 5. The Kier molecular flexibility index (Phi) is 4.34. The molecule has 0 fully saturated rings. The van der Waals surface area contributed by atoms with E-state index in [4.69, 9.17) is 16.7 Å². The van der Waals surface area contributed by atoms with E-state index < -0.39 is 16.0 Å². The van der Waals surface area contributed by atoms with E-state index in [2.05, 4.69) is 0 Å². The normalized spacial score (nSPS) is 11.7. The molecule has 0 atom stereocenters. The van der Waals surface area contributed by atoms with Crippen molar-refractivity contribution in [2.24, 2.45) is 0 Å². The lowest BCUT2D eigenvalue weighted by Gasteiger charge is -2.07. The number of aromatic nitrogens is 1. The monoisotopic (exact) mass is 363 g/mol. The number of aliphatic carboxylic acids is 1. The summed E-state index contributed by atoms with van der Waals surface area (Å²) in [4.78, 5) is 11.0. The first-order valence-electron chi connectivity index (χ1n) is 7.21. The lowest BCUT2D eigenvalue weighted by molar-refractivity contribution is -0.136. The molecule has 0 saturated heterocycles. The Labute approximate surface area is 144 Å². The van der Waals surface area contributed by atoms with Crippen LogP contribution in [0.1, 0.15) is 12.0 Å². The van der Waals surface area contributed by atoms with Crippen LogP contribution in [0.15, 0.2) is 59.6 Å². The van der Waals surface area contributed by atoms with Gasteiger partial charge in [0.05, 0.1) is 10.4 Å². The van der Waals surface area contributed by atoms with Gasteiger partial charge in [0.15, 0.2) is 0 Å². The molecule has 3 rings (SSSR count). The third-order valence-electron chi connectivity index (χ3n) is 3.72. The molecule has 5 nitrogen and oxygen atoms in total. The Hall–Kier alpha value is -2.31. The molecule has 1 heterocycles. The predicted octanol–water partition coefficient (Wildman–Crippen LogP) is 3.55. The van der Waals surface area contributed by atoms with Crippen LogP contribution < -0.4 is 0 Å². The fraction of sp³-hybridized carbons (Fsp3) is 0.118. The summed E-state index contributed by atoms with van der Waals surface area (Å²) in [5, 5.41) is 10.0. The Morgan fingerprint density at radius 2 is 1.83 bits per heavy atom. The molecule has 0 aliphatic rings. The maximum Gasteiger partial charge on any atom is 0.303 e. The van der Waals surface area contributed by atoms with Gasteiger partial charge >= 0.3 is 5.97 Å². The highest BCUT2D eigenvalue weighted by Gasteiger charge is 2.21. The van der Waals surface area contributed by atoms with Crippen LogP contribution in [0.3, 0.4) is 0 Å². The van der Waals surface area contributed by atoms with Gasteiger partial charge in [-0.1, -0.05) is 29.8 Å². The van der Waals surface area contributed by atoms with Gasteiger partial charge in [0.2, 0.25) is 0 Å². The molecule has 0 bridgehead atoms. The zero-order valence-corrected chi connectivity index (χ0v) is 14.1. The second-order valence-electron chi connectivity index (χ2n) is 5.32. The Bertz CT molecular complexity index is 1010. The molecule has 0 aliphatic carbocycles. The Balaban J connectivity index is 2.20. The summed E-state index contributed by atoms with van der Waals surface area (Å²) in [6.07, 6.45) is 1.62. The highest BCUT2D eigenvalue weighted by molar-refractivity contribution is 7.90. The number of carboxylic acids is 1. The van der Waals surface area contributed by atoms with Gasteiger partial charge in [-0.05, 0) is 42.3 Å². The summed E-state index contributed by atoms with van der Waals surface area (Å²) in [5.41, 5.74) is 1.11. The van der Waals surface area contributed by atoms with Crippen molar-refractivity contribution >= 4 is 38.5 Å². The Morgan fingerprint density at radius 1 is 1.12 bits per heavy atom.